The molecule has 8 heteroatoms. The van der Waals surface area contributed by atoms with E-state index in [-0.39, 0.29) is 12.8 Å². The highest BCUT2D eigenvalue weighted by Gasteiger charge is 2.64. The average molecular weight is 406 g/mol. The van der Waals surface area contributed by atoms with Gasteiger partial charge in [-0.25, -0.2) is 0 Å². The van der Waals surface area contributed by atoms with Gasteiger partial charge in [0.2, 0.25) is 0 Å². The zero-order valence-corrected chi connectivity index (χ0v) is 16.8. The van der Waals surface area contributed by atoms with Crippen molar-refractivity contribution < 1.29 is 38.2 Å². The summed E-state index contributed by atoms with van der Waals surface area (Å²) in [6.45, 7) is 3.49. The highest BCUT2D eigenvalue weighted by molar-refractivity contribution is 5.82. The third-order valence-corrected chi connectivity index (χ3v) is 7.03. The predicted molar refractivity (Wildman–Crippen MR) is 98.4 cm³/mol. The zero-order valence-electron chi connectivity index (χ0n) is 16.8. The molecule has 29 heavy (non-hydrogen) atoms. The fourth-order valence-electron chi connectivity index (χ4n) is 5.65. The number of rotatable bonds is 6. The molecule has 158 valence electrons. The number of esters is 2. The normalized spacial score (nSPS) is 35.1. The number of carboxylic acids is 1. The van der Waals surface area contributed by atoms with Crippen molar-refractivity contribution in [3.63, 3.8) is 0 Å². The van der Waals surface area contributed by atoms with E-state index in [0.29, 0.717) is 24.7 Å². The van der Waals surface area contributed by atoms with E-state index >= 15 is 0 Å². The highest BCUT2D eigenvalue weighted by atomic mass is 16.5. The molecule has 1 N–H and O–H groups in total. The SMILES string of the molecule is COC(=O)[C@H](CC=O)[C@]1(C)CC[C@H]2C(=O)O[C@H](c3ccoc3)C[C@]2(C)[C@H]1C(=O)O. The number of hydrogen-bond acceptors (Lipinski definition) is 7. The van der Waals surface area contributed by atoms with Crippen LogP contribution in [-0.2, 0) is 28.7 Å². The number of furan rings is 1. The van der Waals surface area contributed by atoms with Crippen LogP contribution in [0.4, 0.5) is 0 Å². The van der Waals surface area contributed by atoms with Crippen LogP contribution in [0.5, 0.6) is 0 Å². The molecule has 0 unspecified atom stereocenters. The Kier molecular flexibility index (Phi) is 5.56. The summed E-state index contributed by atoms with van der Waals surface area (Å²) in [5.74, 6) is -4.70. The smallest absolute Gasteiger partial charge is 0.310 e. The summed E-state index contributed by atoms with van der Waals surface area (Å²) in [5.41, 5.74) is -1.36. The van der Waals surface area contributed by atoms with E-state index in [2.05, 4.69) is 0 Å². The zero-order chi connectivity index (χ0) is 21.4. The molecule has 0 aromatic carbocycles. The quantitative estimate of drug-likeness (QED) is 0.566. The predicted octanol–water partition coefficient (Wildman–Crippen LogP) is 2.77. The summed E-state index contributed by atoms with van der Waals surface area (Å²) >= 11 is 0. The maximum absolute atomic E-state index is 12.8. The van der Waals surface area contributed by atoms with Gasteiger partial charge < -0.3 is 23.8 Å². The Balaban J connectivity index is 2.07. The van der Waals surface area contributed by atoms with Gasteiger partial charge in [0.1, 0.15) is 12.4 Å². The molecule has 8 nitrogen and oxygen atoms in total. The van der Waals surface area contributed by atoms with Crippen LogP contribution in [0.3, 0.4) is 0 Å². The molecule has 2 heterocycles. The van der Waals surface area contributed by atoms with E-state index in [1.54, 1.807) is 19.9 Å². The van der Waals surface area contributed by atoms with Crippen LogP contribution >= 0.6 is 0 Å². The standard InChI is InChI=1S/C21H26O8/c1-20(14(5-8-22)18(25)27-3)7-4-13-19(26)29-15(12-6-9-28-11-12)10-21(13,2)16(20)17(23)24/h6,8-9,11,13-16H,4-5,7,10H2,1-3H3,(H,23,24)/t13-,14-,15-,16-,20-,21-/m0/s1. The Hall–Kier alpha value is -2.64. The fraction of sp³-hybridized carbons (Fsp3) is 0.619. The average Bonchev–Trinajstić information content (AvgIpc) is 3.18. The Labute approximate surface area is 168 Å². The first-order chi connectivity index (χ1) is 13.7. The third kappa shape index (κ3) is 3.34. The van der Waals surface area contributed by atoms with Crippen LogP contribution in [0.1, 0.15) is 51.2 Å². The molecule has 1 saturated carbocycles. The molecule has 2 fully saturated rings. The summed E-state index contributed by atoms with van der Waals surface area (Å²) in [5, 5.41) is 10.2. The monoisotopic (exact) mass is 406 g/mol. The second kappa shape index (κ2) is 7.65. The first-order valence-corrected chi connectivity index (χ1v) is 9.66. The van der Waals surface area contributed by atoms with Crippen LogP contribution in [-0.4, -0.2) is 36.4 Å². The van der Waals surface area contributed by atoms with Crippen LogP contribution in [0.2, 0.25) is 0 Å². The molecule has 1 saturated heterocycles. The van der Waals surface area contributed by atoms with E-state index in [9.17, 15) is 24.3 Å². The van der Waals surface area contributed by atoms with Gasteiger partial charge in [-0.05, 0) is 36.2 Å². The second-order valence-electron chi connectivity index (χ2n) is 8.54. The van der Waals surface area contributed by atoms with Gasteiger partial charge in [-0.3, -0.25) is 14.4 Å². The first kappa shape index (κ1) is 21.1. The number of methoxy groups -OCH3 is 1. The third-order valence-electron chi connectivity index (χ3n) is 7.03. The minimum atomic E-state index is -1.10. The molecule has 0 amide bonds. The topological polar surface area (TPSA) is 120 Å². The van der Waals surface area contributed by atoms with Crippen LogP contribution in [0.15, 0.2) is 23.0 Å². The van der Waals surface area contributed by atoms with Crippen molar-refractivity contribution in [3.8, 4) is 0 Å². The van der Waals surface area contributed by atoms with E-state index in [1.165, 1.54) is 19.6 Å². The van der Waals surface area contributed by atoms with Gasteiger partial charge in [-0.15, -0.1) is 0 Å². The molecule has 0 radical (unpaired) electrons. The Morgan fingerprint density at radius 3 is 2.69 bits per heavy atom. The Morgan fingerprint density at radius 1 is 1.41 bits per heavy atom. The van der Waals surface area contributed by atoms with E-state index < -0.39 is 52.6 Å². The minimum Gasteiger partial charge on any atom is -0.481 e. The lowest BCUT2D eigenvalue weighted by molar-refractivity contribution is -0.204. The van der Waals surface area contributed by atoms with Crippen molar-refractivity contribution in [2.24, 2.45) is 28.6 Å². The number of aliphatic carboxylic acids is 1. The molecular weight excluding hydrogens is 380 g/mol. The summed E-state index contributed by atoms with van der Waals surface area (Å²) in [6, 6.07) is 1.68. The van der Waals surface area contributed by atoms with Gasteiger partial charge in [0.25, 0.3) is 0 Å². The highest BCUT2D eigenvalue weighted by Crippen LogP contribution is 2.62. The first-order valence-electron chi connectivity index (χ1n) is 9.66. The lowest BCUT2D eigenvalue weighted by Crippen LogP contribution is -2.60. The van der Waals surface area contributed by atoms with Crippen molar-refractivity contribution in [3.05, 3.63) is 24.2 Å². The molecule has 1 aliphatic heterocycles. The summed E-state index contributed by atoms with van der Waals surface area (Å²) in [6.07, 6.45) is 3.74. The van der Waals surface area contributed by atoms with E-state index in [1.807, 2.05) is 0 Å². The number of hydrogen-bond donors (Lipinski definition) is 1. The summed E-state index contributed by atoms with van der Waals surface area (Å²) < 4.78 is 15.6. The summed E-state index contributed by atoms with van der Waals surface area (Å²) in [7, 11) is 1.22. The Bertz CT molecular complexity index is 800. The lowest BCUT2D eigenvalue weighted by atomic mass is 9.46. The van der Waals surface area contributed by atoms with Crippen LogP contribution in [0, 0.1) is 28.6 Å². The Morgan fingerprint density at radius 2 is 2.14 bits per heavy atom. The maximum atomic E-state index is 12.8. The molecule has 6 atom stereocenters. The molecule has 1 aliphatic carbocycles. The van der Waals surface area contributed by atoms with Crippen molar-refractivity contribution >= 4 is 24.2 Å². The molecule has 0 spiro atoms. The van der Waals surface area contributed by atoms with Gasteiger partial charge in [-0.2, -0.15) is 0 Å². The van der Waals surface area contributed by atoms with Gasteiger partial charge in [-0.1, -0.05) is 13.8 Å². The second-order valence-corrected chi connectivity index (χ2v) is 8.54. The number of carbonyl (C=O) groups is 4. The number of carboxylic acid groups (broad SMARTS) is 1. The van der Waals surface area contributed by atoms with Gasteiger partial charge in [0.05, 0.1) is 37.4 Å². The molecule has 1 aromatic heterocycles. The summed E-state index contributed by atoms with van der Waals surface area (Å²) in [4.78, 5) is 49.1. The maximum Gasteiger partial charge on any atom is 0.310 e. The molecular formula is C21H26O8. The molecule has 0 bridgehead atoms. The minimum absolute atomic E-state index is 0.136. The van der Waals surface area contributed by atoms with E-state index in [4.69, 9.17) is 13.9 Å². The number of fused-ring (bicyclic) bond motifs is 1. The van der Waals surface area contributed by atoms with Crippen LogP contribution < -0.4 is 0 Å². The van der Waals surface area contributed by atoms with Gasteiger partial charge in [0, 0.05) is 12.0 Å². The molecule has 3 rings (SSSR count). The largest absolute Gasteiger partial charge is 0.481 e. The number of aldehydes is 1. The number of ether oxygens (including phenoxy) is 2. The van der Waals surface area contributed by atoms with Gasteiger partial charge >= 0.3 is 17.9 Å². The van der Waals surface area contributed by atoms with Crippen molar-refractivity contribution in [2.45, 2.75) is 45.6 Å². The van der Waals surface area contributed by atoms with Crippen molar-refractivity contribution in [1.82, 2.24) is 0 Å². The van der Waals surface area contributed by atoms with Crippen molar-refractivity contribution in [1.29, 1.82) is 0 Å². The number of cyclic esters (lactones) is 1. The van der Waals surface area contributed by atoms with Crippen LogP contribution in [0.25, 0.3) is 0 Å². The van der Waals surface area contributed by atoms with Gasteiger partial charge in [0.15, 0.2) is 0 Å². The van der Waals surface area contributed by atoms with Crippen molar-refractivity contribution in [2.75, 3.05) is 7.11 Å². The molecule has 2 aliphatic rings. The van der Waals surface area contributed by atoms with E-state index in [0.717, 1.165) is 0 Å². The molecule has 1 aromatic rings. The fourth-order valence-corrected chi connectivity index (χ4v) is 5.65. The lowest BCUT2D eigenvalue weighted by Gasteiger charge is -2.57. The number of carbonyl (C=O) groups excluding carboxylic acids is 3.